The van der Waals surface area contributed by atoms with E-state index in [1.54, 1.807) is 6.07 Å². The Morgan fingerprint density at radius 3 is 2.67 bits per heavy atom. The minimum Gasteiger partial charge on any atom is -0.293 e. The Morgan fingerprint density at radius 2 is 2.06 bits per heavy atom. The average molecular weight is 382 g/mol. The number of halogens is 3. The lowest BCUT2D eigenvalue weighted by atomic mass is 10.2. The SMILES string of the molecule is O=C(CSc1ccccc1Br)c1cc(Cl)sc1Cl. The highest BCUT2D eigenvalue weighted by atomic mass is 79.9. The molecule has 0 fully saturated rings. The van der Waals surface area contributed by atoms with Gasteiger partial charge in [-0.15, -0.1) is 23.1 Å². The molecule has 0 aliphatic rings. The summed E-state index contributed by atoms with van der Waals surface area (Å²) in [4.78, 5) is 13.0. The first-order valence-electron chi connectivity index (χ1n) is 4.93. The zero-order chi connectivity index (χ0) is 13.1. The minimum absolute atomic E-state index is 0.0103. The van der Waals surface area contributed by atoms with Gasteiger partial charge in [0.15, 0.2) is 5.78 Å². The Balaban J connectivity index is 2.05. The third-order valence-electron chi connectivity index (χ3n) is 2.15. The van der Waals surface area contributed by atoms with Gasteiger partial charge in [0.05, 0.1) is 10.1 Å². The molecule has 0 unspecified atom stereocenters. The second-order valence-corrected chi connectivity index (χ2v) is 7.54. The Hall–Kier alpha value is -0.0000000000000000555. The van der Waals surface area contributed by atoms with Gasteiger partial charge in [0.2, 0.25) is 0 Å². The van der Waals surface area contributed by atoms with Gasteiger partial charge in [-0.05, 0) is 34.1 Å². The van der Waals surface area contributed by atoms with Crippen LogP contribution >= 0.6 is 62.2 Å². The number of rotatable bonds is 4. The first kappa shape index (κ1) is 14.4. The molecule has 18 heavy (non-hydrogen) atoms. The lowest BCUT2D eigenvalue weighted by Crippen LogP contribution is -2.01. The third-order valence-corrected chi connectivity index (χ3v) is 5.67. The monoisotopic (exact) mass is 380 g/mol. The van der Waals surface area contributed by atoms with Crippen LogP contribution in [0.4, 0.5) is 0 Å². The summed E-state index contributed by atoms with van der Waals surface area (Å²) in [6.07, 6.45) is 0. The lowest BCUT2D eigenvalue weighted by molar-refractivity contribution is 0.102. The molecule has 0 aliphatic carbocycles. The fraction of sp³-hybridized carbons (Fsp3) is 0.0833. The van der Waals surface area contributed by atoms with Crippen LogP contribution in [0, 0.1) is 0 Å². The summed E-state index contributed by atoms with van der Waals surface area (Å²) in [6, 6.07) is 9.40. The van der Waals surface area contributed by atoms with Gasteiger partial charge < -0.3 is 0 Å². The van der Waals surface area contributed by atoms with Crippen molar-refractivity contribution in [2.75, 3.05) is 5.75 Å². The van der Waals surface area contributed by atoms with Crippen LogP contribution < -0.4 is 0 Å². The molecule has 0 saturated carbocycles. The molecule has 1 nitrogen and oxygen atoms in total. The Bertz CT molecular complexity index is 583. The standard InChI is InChI=1S/C12H7BrCl2OS2/c13-8-3-1-2-4-10(8)17-6-9(16)7-5-11(14)18-12(7)15/h1-5H,6H2. The van der Waals surface area contributed by atoms with Crippen molar-refractivity contribution in [2.45, 2.75) is 4.90 Å². The normalized spacial score (nSPS) is 10.6. The third kappa shape index (κ3) is 3.52. The number of hydrogen-bond donors (Lipinski definition) is 0. The van der Waals surface area contributed by atoms with Crippen molar-refractivity contribution in [3.8, 4) is 0 Å². The van der Waals surface area contributed by atoms with Gasteiger partial charge in [-0.25, -0.2) is 0 Å². The number of thiophene rings is 1. The molecule has 2 rings (SSSR count). The van der Waals surface area contributed by atoms with Crippen molar-refractivity contribution in [3.05, 3.63) is 49.0 Å². The van der Waals surface area contributed by atoms with Crippen molar-refractivity contribution < 1.29 is 4.79 Å². The summed E-state index contributed by atoms with van der Waals surface area (Å²) in [5.74, 6) is 0.332. The van der Waals surface area contributed by atoms with Crippen molar-refractivity contribution in [1.82, 2.24) is 0 Å². The number of ketones is 1. The summed E-state index contributed by atoms with van der Waals surface area (Å²) in [5, 5.41) is 0. The predicted octanol–water partition coefficient (Wildman–Crippen LogP) is 5.79. The Kier molecular flexibility index (Phi) is 5.15. The first-order chi connectivity index (χ1) is 8.58. The van der Waals surface area contributed by atoms with Crippen molar-refractivity contribution >= 4 is 68.0 Å². The van der Waals surface area contributed by atoms with Gasteiger partial charge in [-0.2, -0.15) is 0 Å². The first-order valence-corrected chi connectivity index (χ1v) is 8.28. The highest BCUT2D eigenvalue weighted by Gasteiger charge is 2.14. The molecule has 0 spiro atoms. The molecule has 1 aromatic carbocycles. The van der Waals surface area contributed by atoms with E-state index in [2.05, 4.69) is 15.9 Å². The molecule has 0 saturated heterocycles. The van der Waals surface area contributed by atoms with E-state index in [1.165, 1.54) is 23.1 Å². The van der Waals surface area contributed by atoms with E-state index in [-0.39, 0.29) is 5.78 Å². The van der Waals surface area contributed by atoms with Crippen LogP contribution in [0.2, 0.25) is 8.67 Å². The molecular weight excluding hydrogens is 375 g/mol. The summed E-state index contributed by atoms with van der Waals surface area (Å²) in [7, 11) is 0. The van der Waals surface area contributed by atoms with Crippen LogP contribution in [-0.4, -0.2) is 11.5 Å². The molecule has 0 atom stereocenters. The van der Waals surface area contributed by atoms with E-state index in [4.69, 9.17) is 23.2 Å². The molecule has 1 aromatic heterocycles. The molecule has 0 aliphatic heterocycles. The summed E-state index contributed by atoms with van der Waals surface area (Å²) < 4.78 is 1.98. The molecular formula is C12H7BrCl2OS2. The average Bonchev–Trinajstić information content (AvgIpc) is 2.67. The van der Waals surface area contributed by atoms with E-state index in [9.17, 15) is 4.79 Å². The van der Waals surface area contributed by atoms with Crippen LogP contribution in [-0.2, 0) is 0 Å². The Morgan fingerprint density at radius 1 is 1.33 bits per heavy atom. The van der Waals surface area contributed by atoms with Gasteiger partial charge >= 0.3 is 0 Å². The van der Waals surface area contributed by atoms with Crippen LogP contribution in [0.25, 0.3) is 0 Å². The molecule has 0 N–H and O–H groups in total. The molecule has 2 aromatic rings. The van der Waals surface area contributed by atoms with Gasteiger partial charge in [0.25, 0.3) is 0 Å². The number of carbonyl (C=O) groups is 1. The maximum absolute atomic E-state index is 12.0. The molecule has 0 bridgehead atoms. The van der Waals surface area contributed by atoms with Crippen LogP contribution in [0.15, 0.2) is 39.7 Å². The quantitative estimate of drug-likeness (QED) is 0.492. The maximum atomic E-state index is 12.0. The van der Waals surface area contributed by atoms with E-state index in [0.717, 1.165) is 9.37 Å². The molecule has 0 amide bonds. The van der Waals surface area contributed by atoms with Crippen LogP contribution in [0.1, 0.15) is 10.4 Å². The van der Waals surface area contributed by atoms with E-state index in [1.807, 2.05) is 24.3 Å². The van der Waals surface area contributed by atoms with Gasteiger partial charge in [-0.3, -0.25) is 4.79 Å². The maximum Gasteiger partial charge on any atom is 0.175 e. The molecule has 94 valence electrons. The highest BCUT2D eigenvalue weighted by molar-refractivity contribution is 9.10. The van der Waals surface area contributed by atoms with Crippen LogP contribution in [0.3, 0.4) is 0 Å². The smallest absolute Gasteiger partial charge is 0.175 e. The van der Waals surface area contributed by atoms with Gasteiger partial charge in [0.1, 0.15) is 4.34 Å². The number of hydrogen-bond acceptors (Lipinski definition) is 3. The molecule has 0 radical (unpaired) electrons. The van der Waals surface area contributed by atoms with Crippen molar-refractivity contribution in [1.29, 1.82) is 0 Å². The summed E-state index contributed by atoms with van der Waals surface area (Å²) >= 11 is 17.9. The highest BCUT2D eigenvalue weighted by Crippen LogP contribution is 2.33. The Labute approximate surface area is 132 Å². The van der Waals surface area contributed by atoms with E-state index in [0.29, 0.717) is 20.0 Å². The fourth-order valence-electron chi connectivity index (χ4n) is 1.31. The van der Waals surface area contributed by atoms with Crippen molar-refractivity contribution in [2.24, 2.45) is 0 Å². The number of Topliss-reactive ketones (excluding diaryl/α,β-unsaturated/α-hetero) is 1. The fourth-order valence-corrected chi connectivity index (χ4v) is 4.26. The van der Waals surface area contributed by atoms with E-state index < -0.39 is 0 Å². The number of carbonyl (C=O) groups excluding carboxylic acids is 1. The van der Waals surface area contributed by atoms with Gasteiger partial charge in [0, 0.05) is 14.9 Å². The lowest BCUT2D eigenvalue weighted by Gasteiger charge is -2.02. The largest absolute Gasteiger partial charge is 0.293 e. The minimum atomic E-state index is -0.0103. The van der Waals surface area contributed by atoms with Crippen LogP contribution in [0.5, 0.6) is 0 Å². The number of benzene rings is 1. The molecule has 1 heterocycles. The summed E-state index contributed by atoms with van der Waals surface area (Å²) in [6.45, 7) is 0. The second-order valence-electron chi connectivity index (χ2n) is 3.38. The zero-order valence-corrected chi connectivity index (χ0v) is 13.7. The predicted molar refractivity (Wildman–Crippen MR) is 83.5 cm³/mol. The topological polar surface area (TPSA) is 17.1 Å². The van der Waals surface area contributed by atoms with E-state index >= 15 is 0 Å². The van der Waals surface area contributed by atoms with Crippen molar-refractivity contribution in [3.63, 3.8) is 0 Å². The zero-order valence-electron chi connectivity index (χ0n) is 8.95. The molecule has 6 heteroatoms. The summed E-state index contributed by atoms with van der Waals surface area (Å²) in [5.41, 5.74) is 0.506. The number of thioether (sulfide) groups is 1. The second kappa shape index (κ2) is 6.44. The van der Waals surface area contributed by atoms with Gasteiger partial charge in [-0.1, -0.05) is 35.3 Å².